The van der Waals surface area contributed by atoms with Gasteiger partial charge in [0.25, 0.3) is 0 Å². The third kappa shape index (κ3) is 2.45. The third-order valence-corrected chi connectivity index (χ3v) is 4.02. The molecule has 0 radical (unpaired) electrons. The Morgan fingerprint density at radius 2 is 1.76 bits per heavy atom. The fourth-order valence-corrected chi connectivity index (χ4v) is 2.32. The van der Waals surface area contributed by atoms with Crippen molar-refractivity contribution in [1.82, 2.24) is 4.90 Å². The second kappa shape index (κ2) is 4.31. The quantitative estimate of drug-likeness (QED) is 0.795. The first-order valence-corrected chi connectivity index (χ1v) is 6.48. The first-order valence-electron chi connectivity index (χ1n) is 6.48. The molecule has 0 bridgehead atoms. The van der Waals surface area contributed by atoms with E-state index in [1.807, 2.05) is 4.90 Å². The van der Waals surface area contributed by atoms with Crippen molar-refractivity contribution in [1.29, 1.82) is 0 Å². The summed E-state index contributed by atoms with van der Waals surface area (Å²) < 4.78 is 0. The summed E-state index contributed by atoms with van der Waals surface area (Å²) in [6.07, 6.45) is 2.68. The predicted molar refractivity (Wildman–Crippen MR) is 63.4 cm³/mol. The highest BCUT2D eigenvalue weighted by Gasteiger charge is 2.52. The Morgan fingerprint density at radius 1 is 1.18 bits per heavy atom. The van der Waals surface area contributed by atoms with Crippen molar-refractivity contribution < 1.29 is 14.7 Å². The van der Waals surface area contributed by atoms with Gasteiger partial charge in [0.05, 0.1) is 11.8 Å². The normalized spacial score (nSPS) is 28.9. The topological polar surface area (TPSA) is 57.6 Å². The maximum absolute atomic E-state index is 12.3. The van der Waals surface area contributed by atoms with E-state index in [9.17, 15) is 9.59 Å². The van der Waals surface area contributed by atoms with Crippen molar-refractivity contribution in [3.63, 3.8) is 0 Å². The fourth-order valence-electron chi connectivity index (χ4n) is 2.32. The lowest BCUT2D eigenvalue weighted by Gasteiger charge is -2.32. The minimum absolute atomic E-state index is 0.0705. The fraction of sp³-hybridized carbons (Fsp3) is 0.846. The third-order valence-electron chi connectivity index (χ3n) is 4.02. The summed E-state index contributed by atoms with van der Waals surface area (Å²) in [7, 11) is 0. The van der Waals surface area contributed by atoms with Gasteiger partial charge in [-0.3, -0.25) is 9.59 Å². The number of aliphatic carboxylic acids is 1. The highest BCUT2D eigenvalue weighted by molar-refractivity contribution is 5.90. The van der Waals surface area contributed by atoms with Gasteiger partial charge in [-0.1, -0.05) is 13.8 Å². The molecule has 0 unspecified atom stereocenters. The van der Waals surface area contributed by atoms with Crippen LogP contribution >= 0.6 is 0 Å². The van der Waals surface area contributed by atoms with Crippen LogP contribution in [0.3, 0.4) is 0 Å². The number of carbonyl (C=O) groups is 2. The lowest BCUT2D eigenvalue weighted by atomic mass is 10.0. The van der Waals surface area contributed by atoms with Crippen LogP contribution in [0, 0.1) is 17.8 Å². The molecule has 0 spiro atoms. The number of amides is 1. The molecule has 0 aromatic rings. The summed E-state index contributed by atoms with van der Waals surface area (Å²) in [5.74, 6) is -1.02. The van der Waals surface area contributed by atoms with Gasteiger partial charge in [-0.15, -0.1) is 0 Å². The first kappa shape index (κ1) is 12.4. The predicted octanol–water partition coefficient (Wildman–Crippen LogP) is 1.74. The maximum Gasteiger partial charge on any atom is 0.307 e. The molecule has 4 heteroatoms. The van der Waals surface area contributed by atoms with E-state index in [1.165, 1.54) is 0 Å². The van der Waals surface area contributed by atoms with Gasteiger partial charge in [0.15, 0.2) is 0 Å². The molecule has 17 heavy (non-hydrogen) atoms. The van der Waals surface area contributed by atoms with Crippen LogP contribution in [0.5, 0.6) is 0 Å². The van der Waals surface area contributed by atoms with Gasteiger partial charge < -0.3 is 10.0 Å². The number of hydrogen-bond donors (Lipinski definition) is 1. The highest BCUT2D eigenvalue weighted by Crippen LogP contribution is 2.43. The molecule has 2 rings (SSSR count). The van der Waals surface area contributed by atoms with Crippen molar-refractivity contribution in [3.05, 3.63) is 0 Å². The lowest BCUT2D eigenvalue weighted by molar-refractivity contribution is -0.143. The number of rotatable bonds is 5. The minimum atomic E-state index is -0.823. The van der Waals surface area contributed by atoms with Gasteiger partial charge in [-0.05, 0) is 32.1 Å². The molecule has 2 aliphatic carbocycles. The van der Waals surface area contributed by atoms with Crippen molar-refractivity contribution in [3.8, 4) is 0 Å². The molecule has 0 saturated heterocycles. The molecule has 1 N–H and O–H groups in total. The zero-order valence-corrected chi connectivity index (χ0v) is 10.7. The van der Waals surface area contributed by atoms with Crippen LogP contribution in [-0.2, 0) is 9.59 Å². The van der Waals surface area contributed by atoms with Crippen molar-refractivity contribution >= 4 is 11.9 Å². The van der Waals surface area contributed by atoms with Gasteiger partial charge in [0, 0.05) is 12.1 Å². The zero-order valence-electron chi connectivity index (χ0n) is 10.7. The monoisotopic (exact) mass is 239 g/mol. The van der Waals surface area contributed by atoms with Crippen molar-refractivity contribution in [2.75, 3.05) is 0 Å². The minimum Gasteiger partial charge on any atom is -0.481 e. The SMILES string of the molecule is CC(C)[C@H](C)N(C(=O)[C@H]1C[C@H]1C(=O)O)C1CC1. The highest BCUT2D eigenvalue weighted by atomic mass is 16.4. The van der Waals surface area contributed by atoms with Crippen molar-refractivity contribution in [2.24, 2.45) is 17.8 Å². The molecule has 1 amide bonds. The van der Waals surface area contributed by atoms with E-state index >= 15 is 0 Å². The molecule has 3 atom stereocenters. The Balaban J connectivity index is 2.02. The van der Waals surface area contributed by atoms with Gasteiger partial charge in [0.2, 0.25) is 5.91 Å². The van der Waals surface area contributed by atoms with Crippen LogP contribution in [0.1, 0.15) is 40.0 Å². The van der Waals surface area contributed by atoms with Crippen LogP contribution in [0.15, 0.2) is 0 Å². The average Bonchev–Trinajstić information content (AvgIpc) is 3.11. The molecule has 0 aliphatic heterocycles. The Morgan fingerprint density at radius 3 is 2.12 bits per heavy atom. The van der Waals surface area contributed by atoms with E-state index in [0.29, 0.717) is 18.4 Å². The average molecular weight is 239 g/mol. The van der Waals surface area contributed by atoms with Crippen molar-refractivity contribution in [2.45, 2.75) is 52.1 Å². The van der Waals surface area contributed by atoms with Crippen LogP contribution in [0.4, 0.5) is 0 Å². The van der Waals surface area contributed by atoms with E-state index < -0.39 is 11.9 Å². The van der Waals surface area contributed by atoms with E-state index in [2.05, 4.69) is 20.8 Å². The molecule has 0 heterocycles. The Hall–Kier alpha value is -1.06. The molecule has 2 fully saturated rings. The van der Waals surface area contributed by atoms with Crippen LogP contribution < -0.4 is 0 Å². The summed E-state index contributed by atoms with van der Waals surface area (Å²) >= 11 is 0. The molecule has 2 saturated carbocycles. The number of carboxylic acids is 1. The molecule has 4 nitrogen and oxygen atoms in total. The van der Waals surface area contributed by atoms with Gasteiger partial charge in [-0.2, -0.15) is 0 Å². The second-order valence-corrected chi connectivity index (χ2v) is 5.75. The standard InChI is InChI=1S/C13H21NO3/c1-7(2)8(3)14(9-4-5-9)12(15)10-6-11(10)13(16)17/h7-11H,4-6H2,1-3H3,(H,16,17)/t8-,10-,11+/m0/s1. The van der Waals surface area contributed by atoms with E-state index in [4.69, 9.17) is 5.11 Å². The molecule has 96 valence electrons. The number of carboxylic acid groups (broad SMARTS) is 1. The molecule has 2 aliphatic rings. The summed E-state index contributed by atoms with van der Waals surface area (Å²) in [6.45, 7) is 6.28. The summed E-state index contributed by atoms with van der Waals surface area (Å²) in [5, 5.41) is 8.89. The molecular formula is C13H21NO3. The molecule has 0 aromatic heterocycles. The van der Waals surface area contributed by atoms with Gasteiger partial charge in [-0.25, -0.2) is 0 Å². The van der Waals surface area contributed by atoms with E-state index in [-0.39, 0.29) is 17.9 Å². The van der Waals surface area contributed by atoms with Crippen LogP contribution in [-0.4, -0.2) is 34.0 Å². The molecular weight excluding hydrogens is 218 g/mol. The van der Waals surface area contributed by atoms with Gasteiger partial charge in [0.1, 0.15) is 0 Å². The van der Waals surface area contributed by atoms with E-state index in [0.717, 1.165) is 12.8 Å². The second-order valence-electron chi connectivity index (χ2n) is 5.75. The largest absolute Gasteiger partial charge is 0.481 e. The maximum atomic E-state index is 12.3. The van der Waals surface area contributed by atoms with E-state index in [1.54, 1.807) is 0 Å². The van der Waals surface area contributed by atoms with Gasteiger partial charge >= 0.3 is 5.97 Å². The lowest BCUT2D eigenvalue weighted by Crippen LogP contribution is -2.44. The molecule has 0 aromatic carbocycles. The number of nitrogens with zero attached hydrogens (tertiary/aromatic N) is 1. The summed E-state index contributed by atoms with van der Waals surface area (Å²) in [5.41, 5.74) is 0. The Kier molecular flexibility index (Phi) is 3.15. The smallest absolute Gasteiger partial charge is 0.307 e. The first-order chi connectivity index (χ1) is 7.93. The number of hydrogen-bond acceptors (Lipinski definition) is 2. The summed E-state index contributed by atoms with van der Waals surface area (Å²) in [6, 6.07) is 0.583. The Bertz CT molecular complexity index is 336. The Labute approximate surface area is 102 Å². The zero-order chi connectivity index (χ0) is 12.7. The summed E-state index contributed by atoms with van der Waals surface area (Å²) in [4.78, 5) is 25.1. The number of carbonyl (C=O) groups excluding carboxylic acids is 1. The van der Waals surface area contributed by atoms with Crippen LogP contribution in [0.2, 0.25) is 0 Å². The van der Waals surface area contributed by atoms with Crippen LogP contribution in [0.25, 0.3) is 0 Å².